The SMILES string of the molecule is O=C(O)C(CC1CO1)Cn1cccc1. The molecular formula is C10H13NO3. The maximum absolute atomic E-state index is 10.9. The molecule has 1 aromatic rings. The predicted octanol–water partition coefficient (Wildman–Crippen LogP) is 0.978. The van der Waals surface area contributed by atoms with Crippen LogP contribution >= 0.6 is 0 Å². The summed E-state index contributed by atoms with van der Waals surface area (Å²) in [5, 5.41) is 8.98. The highest BCUT2D eigenvalue weighted by molar-refractivity contribution is 5.69. The number of nitrogens with zero attached hydrogens (tertiary/aromatic N) is 1. The van der Waals surface area contributed by atoms with Crippen LogP contribution in [0.15, 0.2) is 24.5 Å². The zero-order valence-electron chi connectivity index (χ0n) is 7.80. The summed E-state index contributed by atoms with van der Waals surface area (Å²) in [5.41, 5.74) is 0. The zero-order chi connectivity index (χ0) is 9.97. The Bertz CT molecular complexity index is 303. The number of epoxide rings is 1. The van der Waals surface area contributed by atoms with Crippen LogP contribution in [-0.2, 0) is 16.1 Å². The van der Waals surface area contributed by atoms with E-state index in [4.69, 9.17) is 9.84 Å². The molecule has 2 rings (SSSR count). The van der Waals surface area contributed by atoms with E-state index < -0.39 is 5.97 Å². The molecule has 4 nitrogen and oxygen atoms in total. The van der Waals surface area contributed by atoms with Crippen molar-refractivity contribution < 1.29 is 14.6 Å². The molecule has 1 saturated heterocycles. The number of rotatable bonds is 5. The summed E-state index contributed by atoms with van der Waals surface area (Å²) < 4.78 is 6.93. The van der Waals surface area contributed by atoms with Crippen LogP contribution in [-0.4, -0.2) is 28.4 Å². The second-order valence-corrected chi connectivity index (χ2v) is 3.61. The maximum atomic E-state index is 10.9. The maximum Gasteiger partial charge on any atom is 0.308 e. The Morgan fingerprint density at radius 1 is 1.57 bits per heavy atom. The lowest BCUT2D eigenvalue weighted by molar-refractivity contribution is -0.142. The highest BCUT2D eigenvalue weighted by Gasteiger charge is 2.30. The molecule has 0 aromatic carbocycles. The first kappa shape index (κ1) is 9.27. The van der Waals surface area contributed by atoms with Crippen molar-refractivity contribution in [2.24, 2.45) is 5.92 Å². The summed E-state index contributed by atoms with van der Waals surface area (Å²) in [7, 11) is 0. The summed E-state index contributed by atoms with van der Waals surface area (Å²) in [6, 6.07) is 3.79. The number of ether oxygens (including phenoxy) is 1. The van der Waals surface area contributed by atoms with E-state index in [2.05, 4.69) is 0 Å². The summed E-state index contributed by atoms with van der Waals surface area (Å²) in [5.74, 6) is -1.08. The van der Waals surface area contributed by atoms with E-state index >= 15 is 0 Å². The fraction of sp³-hybridized carbons (Fsp3) is 0.500. The predicted molar refractivity (Wildman–Crippen MR) is 49.9 cm³/mol. The minimum Gasteiger partial charge on any atom is -0.481 e. The van der Waals surface area contributed by atoms with Gasteiger partial charge in [-0.15, -0.1) is 0 Å². The average Bonchev–Trinajstić information content (AvgIpc) is 2.80. The molecule has 0 aliphatic carbocycles. The van der Waals surface area contributed by atoms with Crippen molar-refractivity contribution in [3.8, 4) is 0 Å². The minimum absolute atomic E-state index is 0.173. The highest BCUT2D eigenvalue weighted by atomic mass is 16.6. The van der Waals surface area contributed by atoms with E-state index in [1.165, 1.54) is 0 Å². The zero-order valence-corrected chi connectivity index (χ0v) is 7.80. The second-order valence-electron chi connectivity index (χ2n) is 3.61. The minimum atomic E-state index is -0.741. The third kappa shape index (κ3) is 2.35. The first-order chi connectivity index (χ1) is 6.75. The van der Waals surface area contributed by atoms with E-state index in [0.29, 0.717) is 13.0 Å². The Kier molecular flexibility index (Phi) is 2.54. The van der Waals surface area contributed by atoms with Gasteiger partial charge in [0.15, 0.2) is 0 Å². The van der Waals surface area contributed by atoms with E-state index in [-0.39, 0.29) is 12.0 Å². The fourth-order valence-corrected chi connectivity index (χ4v) is 1.52. The molecule has 0 saturated carbocycles. The molecular weight excluding hydrogens is 182 g/mol. The van der Waals surface area contributed by atoms with Crippen LogP contribution in [0.1, 0.15) is 6.42 Å². The molecule has 4 heteroatoms. The van der Waals surface area contributed by atoms with E-state index in [9.17, 15) is 4.79 Å². The van der Waals surface area contributed by atoms with Crippen molar-refractivity contribution in [1.82, 2.24) is 4.57 Å². The first-order valence-electron chi connectivity index (χ1n) is 4.71. The molecule has 1 aromatic heterocycles. The van der Waals surface area contributed by atoms with Gasteiger partial charge in [-0.2, -0.15) is 0 Å². The molecule has 1 aliphatic heterocycles. The molecule has 76 valence electrons. The number of carboxylic acid groups (broad SMARTS) is 1. The molecule has 2 atom stereocenters. The van der Waals surface area contributed by atoms with Crippen molar-refractivity contribution in [3.63, 3.8) is 0 Å². The van der Waals surface area contributed by atoms with E-state index in [0.717, 1.165) is 6.61 Å². The lowest BCUT2D eigenvalue weighted by atomic mass is 10.0. The van der Waals surface area contributed by atoms with Crippen molar-refractivity contribution in [1.29, 1.82) is 0 Å². The molecule has 1 fully saturated rings. The van der Waals surface area contributed by atoms with Gasteiger partial charge in [-0.05, 0) is 18.6 Å². The van der Waals surface area contributed by atoms with Gasteiger partial charge < -0.3 is 14.4 Å². The summed E-state index contributed by atoms with van der Waals surface area (Å²) in [4.78, 5) is 10.9. The van der Waals surface area contributed by atoms with Gasteiger partial charge in [0, 0.05) is 18.9 Å². The summed E-state index contributed by atoms with van der Waals surface area (Å²) in [6.07, 6.45) is 4.55. The number of hydrogen-bond acceptors (Lipinski definition) is 2. The average molecular weight is 195 g/mol. The topological polar surface area (TPSA) is 54.8 Å². The molecule has 14 heavy (non-hydrogen) atoms. The van der Waals surface area contributed by atoms with Gasteiger partial charge in [0.05, 0.1) is 18.6 Å². The third-order valence-electron chi connectivity index (χ3n) is 2.40. The van der Waals surface area contributed by atoms with Gasteiger partial charge in [0.2, 0.25) is 0 Å². The highest BCUT2D eigenvalue weighted by Crippen LogP contribution is 2.21. The molecule has 2 unspecified atom stereocenters. The molecule has 2 heterocycles. The number of carbonyl (C=O) groups is 1. The second kappa shape index (κ2) is 3.84. The summed E-state index contributed by atoms with van der Waals surface area (Å²) in [6.45, 7) is 1.25. The van der Waals surface area contributed by atoms with Crippen molar-refractivity contribution in [2.75, 3.05) is 6.61 Å². The van der Waals surface area contributed by atoms with Gasteiger partial charge in [-0.25, -0.2) is 0 Å². The van der Waals surface area contributed by atoms with Gasteiger partial charge in [0.25, 0.3) is 0 Å². The molecule has 0 radical (unpaired) electrons. The molecule has 0 amide bonds. The Morgan fingerprint density at radius 3 is 2.71 bits per heavy atom. The largest absolute Gasteiger partial charge is 0.481 e. The number of aromatic nitrogens is 1. The molecule has 1 aliphatic rings. The van der Waals surface area contributed by atoms with Crippen LogP contribution in [0, 0.1) is 5.92 Å². The fourth-order valence-electron chi connectivity index (χ4n) is 1.52. The van der Waals surface area contributed by atoms with Crippen molar-refractivity contribution >= 4 is 5.97 Å². The van der Waals surface area contributed by atoms with Crippen LogP contribution in [0.5, 0.6) is 0 Å². The molecule has 0 bridgehead atoms. The third-order valence-corrected chi connectivity index (χ3v) is 2.40. The van der Waals surface area contributed by atoms with Crippen LogP contribution < -0.4 is 0 Å². The Labute approximate surface area is 82.1 Å². The standard InChI is InChI=1S/C10H13NO3/c12-10(13)8(5-9-7-14-9)6-11-3-1-2-4-11/h1-4,8-9H,5-7H2,(H,12,13). The number of aliphatic carboxylic acids is 1. The normalized spacial score (nSPS) is 21.9. The lowest BCUT2D eigenvalue weighted by Crippen LogP contribution is -2.21. The van der Waals surface area contributed by atoms with Crippen molar-refractivity contribution in [3.05, 3.63) is 24.5 Å². The Balaban J connectivity index is 1.92. The molecule has 1 N–H and O–H groups in total. The Morgan fingerprint density at radius 2 is 2.21 bits per heavy atom. The summed E-state index contributed by atoms with van der Waals surface area (Å²) >= 11 is 0. The van der Waals surface area contributed by atoms with Crippen LogP contribution in [0.3, 0.4) is 0 Å². The van der Waals surface area contributed by atoms with Gasteiger partial charge >= 0.3 is 5.97 Å². The van der Waals surface area contributed by atoms with Gasteiger partial charge in [-0.3, -0.25) is 4.79 Å². The van der Waals surface area contributed by atoms with Gasteiger partial charge in [-0.1, -0.05) is 0 Å². The van der Waals surface area contributed by atoms with E-state index in [1.807, 2.05) is 29.1 Å². The lowest BCUT2D eigenvalue weighted by Gasteiger charge is -2.11. The smallest absolute Gasteiger partial charge is 0.308 e. The van der Waals surface area contributed by atoms with Crippen LogP contribution in [0.25, 0.3) is 0 Å². The monoisotopic (exact) mass is 195 g/mol. The number of carboxylic acids is 1. The Hall–Kier alpha value is -1.29. The quantitative estimate of drug-likeness (QED) is 0.712. The van der Waals surface area contributed by atoms with Crippen LogP contribution in [0.2, 0.25) is 0 Å². The van der Waals surface area contributed by atoms with Crippen LogP contribution in [0.4, 0.5) is 0 Å². The van der Waals surface area contributed by atoms with Crippen molar-refractivity contribution in [2.45, 2.75) is 19.1 Å². The number of hydrogen-bond donors (Lipinski definition) is 1. The van der Waals surface area contributed by atoms with E-state index in [1.54, 1.807) is 0 Å². The first-order valence-corrected chi connectivity index (χ1v) is 4.71. The van der Waals surface area contributed by atoms with Gasteiger partial charge in [0.1, 0.15) is 0 Å². The molecule has 0 spiro atoms.